The van der Waals surface area contributed by atoms with Crippen LogP contribution in [0.25, 0.3) is 0 Å². The molecule has 1 aromatic heterocycles. The molecule has 2 rings (SSSR count). The van der Waals surface area contributed by atoms with Crippen LogP contribution in [0.2, 0.25) is 0 Å². The molecule has 0 aliphatic rings. The van der Waals surface area contributed by atoms with Crippen LogP contribution in [0.1, 0.15) is 40.1 Å². The summed E-state index contributed by atoms with van der Waals surface area (Å²) in [4.78, 5) is 4.65. The molecule has 0 atom stereocenters. The van der Waals surface area contributed by atoms with Crippen molar-refractivity contribution in [2.45, 2.75) is 46.8 Å². The first-order valence-corrected chi connectivity index (χ1v) is 8.34. The van der Waals surface area contributed by atoms with Gasteiger partial charge in [-0.05, 0) is 62.4 Å². The maximum atomic E-state index is 9.63. The third-order valence-corrected chi connectivity index (χ3v) is 4.50. The summed E-state index contributed by atoms with van der Waals surface area (Å²) in [6.45, 7) is 7.44. The van der Waals surface area contributed by atoms with Crippen LogP contribution in [0.4, 0.5) is 0 Å². The van der Waals surface area contributed by atoms with E-state index in [1.165, 1.54) is 5.56 Å². The van der Waals surface area contributed by atoms with Gasteiger partial charge in [-0.1, -0.05) is 12.1 Å². The van der Waals surface area contributed by atoms with Gasteiger partial charge in [-0.15, -0.1) is 0 Å². The van der Waals surface area contributed by atoms with E-state index >= 15 is 0 Å². The zero-order valence-electron chi connectivity index (χ0n) is 15.1. The zero-order valence-corrected chi connectivity index (χ0v) is 15.1. The highest BCUT2D eigenvalue weighted by Gasteiger charge is 2.11. The molecule has 0 saturated carbocycles. The molecular formula is C20H27NO3. The average molecular weight is 329 g/mol. The Morgan fingerprint density at radius 1 is 1.04 bits per heavy atom. The molecule has 0 aliphatic carbocycles. The molecule has 4 nitrogen and oxygen atoms in total. The van der Waals surface area contributed by atoms with Crippen LogP contribution in [0.3, 0.4) is 0 Å². The van der Waals surface area contributed by atoms with Gasteiger partial charge in [0.1, 0.15) is 5.75 Å². The number of aromatic nitrogens is 1. The van der Waals surface area contributed by atoms with Gasteiger partial charge in [0.25, 0.3) is 0 Å². The van der Waals surface area contributed by atoms with Crippen LogP contribution in [0.15, 0.2) is 24.3 Å². The number of rotatable bonds is 8. The number of hydrogen-bond donors (Lipinski definition) is 1. The van der Waals surface area contributed by atoms with E-state index in [2.05, 4.69) is 18.8 Å². The van der Waals surface area contributed by atoms with Gasteiger partial charge in [-0.25, -0.2) is 0 Å². The molecule has 130 valence electrons. The fourth-order valence-corrected chi connectivity index (χ4v) is 2.74. The summed E-state index contributed by atoms with van der Waals surface area (Å²) in [7, 11) is 1.66. The molecule has 24 heavy (non-hydrogen) atoms. The molecule has 0 aliphatic heterocycles. The van der Waals surface area contributed by atoms with Crippen molar-refractivity contribution >= 4 is 0 Å². The van der Waals surface area contributed by atoms with Crippen molar-refractivity contribution in [1.29, 1.82) is 0 Å². The molecule has 0 unspecified atom stereocenters. The van der Waals surface area contributed by atoms with E-state index in [4.69, 9.17) is 9.47 Å². The molecule has 0 amide bonds. The van der Waals surface area contributed by atoms with E-state index < -0.39 is 0 Å². The molecule has 1 aromatic carbocycles. The van der Waals surface area contributed by atoms with Gasteiger partial charge in [0.05, 0.1) is 20.3 Å². The van der Waals surface area contributed by atoms with Crippen LogP contribution in [0.5, 0.6) is 5.75 Å². The summed E-state index contributed by atoms with van der Waals surface area (Å²) in [6, 6.07) is 7.90. The van der Waals surface area contributed by atoms with E-state index in [1.807, 2.05) is 31.2 Å². The summed E-state index contributed by atoms with van der Waals surface area (Å²) in [6.07, 6.45) is 1.71. The minimum atomic E-state index is 0.0436. The van der Waals surface area contributed by atoms with Crippen LogP contribution < -0.4 is 4.74 Å². The average Bonchev–Trinajstić information content (AvgIpc) is 2.60. The Balaban J connectivity index is 1.84. The van der Waals surface area contributed by atoms with E-state index in [-0.39, 0.29) is 6.61 Å². The lowest BCUT2D eigenvalue weighted by molar-refractivity contribution is 0.118. The predicted molar refractivity (Wildman–Crippen MR) is 95.3 cm³/mol. The number of pyridine rings is 1. The topological polar surface area (TPSA) is 51.6 Å². The lowest BCUT2D eigenvalue weighted by Gasteiger charge is -2.14. The van der Waals surface area contributed by atoms with Crippen molar-refractivity contribution in [3.05, 3.63) is 57.9 Å². The van der Waals surface area contributed by atoms with E-state index in [9.17, 15) is 5.11 Å². The monoisotopic (exact) mass is 329 g/mol. The van der Waals surface area contributed by atoms with Gasteiger partial charge in [-0.2, -0.15) is 0 Å². The molecule has 0 spiro atoms. The second-order valence-corrected chi connectivity index (χ2v) is 6.03. The van der Waals surface area contributed by atoms with Gasteiger partial charge in [0.15, 0.2) is 0 Å². The molecular weight excluding hydrogens is 302 g/mol. The molecule has 0 saturated heterocycles. The van der Waals surface area contributed by atoms with Crippen molar-refractivity contribution in [3.8, 4) is 5.75 Å². The lowest BCUT2D eigenvalue weighted by Crippen LogP contribution is -2.07. The highest BCUT2D eigenvalue weighted by Crippen LogP contribution is 2.20. The van der Waals surface area contributed by atoms with Crippen molar-refractivity contribution in [1.82, 2.24) is 4.98 Å². The smallest absolute Gasteiger partial charge is 0.118 e. The number of aryl methyl sites for hydroxylation is 2. The first-order valence-electron chi connectivity index (χ1n) is 8.34. The van der Waals surface area contributed by atoms with Crippen molar-refractivity contribution < 1.29 is 14.6 Å². The first-order chi connectivity index (χ1) is 11.6. The molecule has 1 heterocycles. The minimum Gasteiger partial charge on any atom is -0.497 e. The number of ether oxygens (including phenoxy) is 2. The second kappa shape index (κ2) is 8.81. The lowest BCUT2D eigenvalue weighted by atomic mass is 9.99. The number of nitrogens with zero attached hydrogens (tertiary/aromatic N) is 1. The maximum absolute atomic E-state index is 9.63. The van der Waals surface area contributed by atoms with Gasteiger partial charge < -0.3 is 14.6 Å². The normalized spacial score (nSPS) is 10.9. The summed E-state index contributed by atoms with van der Waals surface area (Å²) in [5.74, 6) is 0.853. The van der Waals surface area contributed by atoms with Gasteiger partial charge in [0.2, 0.25) is 0 Å². The fraction of sp³-hybridized carbons (Fsp3) is 0.450. The van der Waals surface area contributed by atoms with Crippen LogP contribution in [0, 0.1) is 20.8 Å². The summed E-state index contributed by atoms with van der Waals surface area (Å²) < 4.78 is 10.9. The Morgan fingerprint density at radius 3 is 2.38 bits per heavy atom. The van der Waals surface area contributed by atoms with E-state index in [0.717, 1.165) is 46.7 Å². The Bertz CT molecular complexity index is 666. The van der Waals surface area contributed by atoms with Gasteiger partial charge >= 0.3 is 0 Å². The Kier molecular flexibility index (Phi) is 6.76. The number of benzene rings is 1. The van der Waals surface area contributed by atoms with Crippen LogP contribution in [-0.2, 0) is 24.4 Å². The zero-order chi connectivity index (χ0) is 17.5. The minimum absolute atomic E-state index is 0.0436. The molecule has 1 N–H and O–H groups in total. The highest BCUT2D eigenvalue weighted by molar-refractivity contribution is 5.38. The summed E-state index contributed by atoms with van der Waals surface area (Å²) >= 11 is 0. The predicted octanol–water partition coefficient (Wildman–Crippen LogP) is 3.66. The highest BCUT2D eigenvalue weighted by atomic mass is 16.5. The number of hydrogen-bond acceptors (Lipinski definition) is 4. The Labute approximate surface area is 144 Å². The molecule has 0 radical (unpaired) electrons. The molecule has 4 heteroatoms. The SMILES string of the molecule is COc1ccc(COCCCc2nc(C)c(C)c(C)c2CO)cc1. The summed E-state index contributed by atoms with van der Waals surface area (Å²) in [5, 5.41) is 9.63. The molecule has 0 bridgehead atoms. The van der Waals surface area contributed by atoms with E-state index in [1.54, 1.807) is 7.11 Å². The van der Waals surface area contributed by atoms with Crippen molar-refractivity contribution in [3.63, 3.8) is 0 Å². The quantitative estimate of drug-likeness (QED) is 0.751. The van der Waals surface area contributed by atoms with Crippen LogP contribution in [-0.4, -0.2) is 23.8 Å². The fourth-order valence-electron chi connectivity index (χ4n) is 2.74. The second-order valence-electron chi connectivity index (χ2n) is 6.03. The van der Waals surface area contributed by atoms with E-state index in [0.29, 0.717) is 13.2 Å². The molecule has 2 aromatic rings. The number of methoxy groups -OCH3 is 1. The van der Waals surface area contributed by atoms with Crippen molar-refractivity contribution in [2.75, 3.05) is 13.7 Å². The number of aliphatic hydroxyl groups is 1. The standard InChI is InChI=1S/C20H27NO3/c1-14-15(2)19(12-22)20(21-16(14)3)6-5-11-24-13-17-7-9-18(23-4)10-8-17/h7-10,22H,5-6,11-13H2,1-4H3. The summed E-state index contributed by atoms with van der Waals surface area (Å²) in [5.41, 5.74) is 6.45. The van der Waals surface area contributed by atoms with Crippen molar-refractivity contribution in [2.24, 2.45) is 0 Å². The molecule has 0 fully saturated rings. The van der Waals surface area contributed by atoms with Gasteiger partial charge in [0, 0.05) is 23.6 Å². The number of aliphatic hydroxyl groups excluding tert-OH is 1. The Morgan fingerprint density at radius 2 is 1.75 bits per heavy atom. The first kappa shape index (κ1) is 18.4. The maximum Gasteiger partial charge on any atom is 0.118 e. The third-order valence-electron chi connectivity index (χ3n) is 4.50. The Hall–Kier alpha value is -1.91. The van der Waals surface area contributed by atoms with Gasteiger partial charge in [-0.3, -0.25) is 4.98 Å². The third kappa shape index (κ3) is 4.56. The largest absolute Gasteiger partial charge is 0.497 e. The van der Waals surface area contributed by atoms with Crippen LogP contribution >= 0.6 is 0 Å².